The minimum atomic E-state index is -0.161. The van der Waals surface area contributed by atoms with Gasteiger partial charge in [-0.15, -0.1) is 0 Å². The van der Waals surface area contributed by atoms with E-state index < -0.39 is 0 Å². The summed E-state index contributed by atoms with van der Waals surface area (Å²) in [5, 5.41) is 5.75. The summed E-state index contributed by atoms with van der Waals surface area (Å²) in [6.45, 7) is 1.15. The molecule has 2 aromatic carbocycles. The molecule has 2 rings (SSSR count). The van der Waals surface area contributed by atoms with Gasteiger partial charge in [0.2, 0.25) is 0 Å². The number of carbonyl (C=O) groups excluding carboxylic acids is 1. The van der Waals surface area contributed by atoms with Gasteiger partial charge in [0.1, 0.15) is 17.2 Å². The highest BCUT2D eigenvalue weighted by molar-refractivity contribution is 5.73. The van der Waals surface area contributed by atoms with Gasteiger partial charge >= 0.3 is 6.03 Å². The summed E-state index contributed by atoms with van der Waals surface area (Å²) in [6.07, 6.45) is 2.45. The average molecular weight is 372 g/mol. The molecule has 0 aromatic heterocycles. The van der Waals surface area contributed by atoms with E-state index >= 15 is 0 Å². The zero-order chi connectivity index (χ0) is 19.5. The van der Waals surface area contributed by atoms with Crippen LogP contribution in [-0.2, 0) is 12.8 Å². The Morgan fingerprint density at radius 1 is 0.815 bits per heavy atom. The summed E-state index contributed by atoms with van der Waals surface area (Å²) >= 11 is 0. The van der Waals surface area contributed by atoms with Gasteiger partial charge in [0, 0.05) is 13.1 Å². The fourth-order valence-electron chi connectivity index (χ4n) is 2.74. The maximum atomic E-state index is 11.9. The Balaban J connectivity index is 1.66. The van der Waals surface area contributed by atoms with Crippen molar-refractivity contribution in [1.29, 1.82) is 0 Å². The van der Waals surface area contributed by atoms with Crippen LogP contribution in [0.1, 0.15) is 17.5 Å². The quantitative estimate of drug-likeness (QED) is 0.629. The average Bonchev–Trinajstić information content (AvgIpc) is 2.71. The normalized spacial score (nSPS) is 10.2. The summed E-state index contributed by atoms with van der Waals surface area (Å²) in [4.78, 5) is 11.9. The van der Waals surface area contributed by atoms with E-state index in [1.54, 1.807) is 21.3 Å². The van der Waals surface area contributed by atoms with Crippen molar-refractivity contribution in [3.05, 3.63) is 53.6 Å². The Kier molecular flexibility index (Phi) is 8.29. The van der Waals surface area contributed by atoms with E-state index in [0.717, 1.165) is 35.7 Å². The van der Waals surface area contributed by atoms with E-state index in [2.05, 4.69) is 10.6 Å². The van der Waals surface area contributed by atoms with Crippen LogP contribution >= 0.6 is 0 Å². The molecular weight excluding hydrogens is 344 g/mol. The van der Waals surface area contributed by atoms with Crippen molar-refractivity contribution >= 4 is 6.03 Å². The van der Waals surface area contributed by atoms with Crippen LogP contribution in [0.5, 0.6) is 17.2 Å². The number of urea groups is 1. The van der Waals surface area contributed by atoms with Gasteiger partial charge in [0.15, 0.2) is 0 Å². The number of carbonyl (C=O) groups is 1. The van der Waals surface area contributed by atoms with Crippen molar-refractivity contribution in [2.24, 2.45) is 0 Å². The number of hydrogen-bond donors (Lipinski definition) is 2. The number of hydrogen-bond acceptors (Lipinski definition) is 4. The molecule has 0 radical (unpaired) electrons. The zero-order valence-corrected chi connectivity index (χ0v) is 16.2. The van der Waals surface area contributed by atoms with E-state index in [9.17, 15) is 4.79 Å². The second-order valence-electron chi connectivity index (χ2n) is 6.06. The lowest BCUT2D eigenvalue weighted by molar-refractivity contribution is 0.241. The van der Waals surface area contributed by atoms with Gasteiger partial charge in [-0.05, 0) is 60.7 Å². The summed E-state index contributed by atoms with van der Waals surface area (Å²) in [5.74, 6) is 2.41. The Hall–Kier alpha value is -2.89. The molecule has 27 heavy (non-hydrogen) atoms. The molecule has 0 aliphatic carbocycles. The first-order valence-electron chi connectivity index (χ1n) is 9.01. The highest BCUT2D eigenvalue weighted by Crippen LogP contribution is 2.24. The number of benzene rings is 2. The third-order valence-electron chi connectivity index (χ3n) is 4.25. The minimum Gasteiger partial charge on any atom is -0.497 e. The number of rotatable bonds is 10. The highest BCUT2D eigenvalue weighted by atomic mass is 16.5. The van der Waals surface area contributed by atoms with Gasteiger partial charge in [-0.2, -0.15) is 0 Å². The summed E-state index contributed by atoms with van der Waals surface area (Å²) < 4.78 is 15.7. The molecule has 0 heterocycles. The maximum Gasteiger partial charge on any atom is 0.314 e. The molecule has 2 aromatic rings. The Morgan fingerprint density at radius 3 is 2.15 bits per heavy atom. The van der Waals surface area contributed by atoms with E-state index in [-0.39, 0.29) is 6.03 Å². The summed E-state index contributed by atoms with van der Waals surface area (Å²) in [7, 11) is 4.92. The molecule has 0 bridgehead atoms. The molecule has 0 fully saturated rings. The lowest BCUT2D eigenvalue weighted by Crippen LogP contribution is -2.37. The first-order chi connectivity index (χ1) is 13.2. The van der Waals surface area contributed by atoms with Crippen LogP contribution in [0.15, 0.2) is 42.5 Å². The predicted octanol–water partition coefficient (Wildman–Crippen LogP) is 3.19. The Labute approximate surface area is 160 Å². The predicted molar refractivity (Wildman–Crippen MR) is 106 cm³/mol. The lowest BCUT2D eigenvalue weighted by Gasteiger charge is -2.11. The molecule has 6 nitrogen and oxygen atoms in total. The van der Waals surface area contributed by atoms with E-state index in [1.165, 1.54) is 5.56 Å². The molecule has 0 unspecified atom stereocenters. The van der Waals surface area contributed by atoms with Gasteiger partial charge in [0.25, 0.3) is 0 Å². The van der Waals surface area contributed by atoms with E-state index in [1.807, 2.05) is 42.5 Å². The molecule has 0 aliphatic heterocycles. The van der Waals surface area contributed by atoms with Gasteiger partial charge in [-0.25, -0.2) is 4.79 Å². The molecular formula is C21H28N2O4. The third kappa shape index (κ3) is 6.73. The van der Waals surface area contributed by atoms with Crippen LogP contribution in [0.25, 0.3) is 0 Å². The molecule has 146 valence electrons. The Morgan fingerprint density at radius 2 is 1.48 bits per heavy atom. The summed E-state index contributed by atoms with van der Waals surface area (Å²) in [5.41, 5.74) is 2.22. The fourth-order valence-corrected chi connectivity index (χ4v) is 2.74. The SMILES string of the molecule is COc1ccc(CCCNC(=O)NCCc2cc(OC)ccc2OC)cc1. The third-order valence-corrected chi connectivity index (χ3v) is 4.25. The van der Waals surface area contributed by atoms with Crippen molar-refractivity contribution in [2.45, 2.75) is 19.3 Å². The largest absolute Gasteiger partial charge is 0.497 e. The number of methoxy groups -OCH3 is 3. The molecule has 0 saturated heterocycles. The van der Waals surface area contributed by atoms with Gasteiger partial charge in [-0.3, -0.25) is 0 Å². The van der Waals surface area contributed by atoms with Crippen LogP contribution in [-0.4, -0.2) is 40.5 Å². The Bertz CT molecular complexity index is 717. The first-order valence-corrected chi connectivity index (χ1v) is 9.01. The molecule has 0 atom stereocenters. The number of ether oxygens (including phenoxy) is 3. The van der Waals surface area contributed by atoms with Gasteiger partial charge in [0.05, 0.1) is 21.3 Å². The topological polar surface area (TPSA) is 68.8 Å². The van der Waals surface area contributed by atoms with Crippen molar-refractivity contribution in [3.63, 3.8) is 0 Å². The molecule has 2 amide bonds. The molecule has 0 aliphatic rings. The van der Waals surface area contributed by atoms with Crippen LogP contribution in [0, 0.1) is 0 Å². The molecule has 6 heteroatoms. The highest BCUT2D eigenvalue weighted by Gasteiger charge is 2.06. The van der Waals surface area contributed by atoms with Gasteiger partial charge < -0.3 is 24.8 Å². The van der Waals surface area contributed by atoms with Crippen LogP contribution < -0.4 is 24.8 Å². The summed E-state index contributed by atoms with van der Waals surface area (Å²) in [6, 6.07) is 13.5. The maximum absolute atomic E-state index is 11.9. The van der Waals surface area contributed by atoms with Crippen molar-refractivity contribution in [3.8, 4) is 17.2 Å². The molecule has 0 saturated carbocycles. The lowest BCUT2D eigenvalue weighted by atomic mass is 10.1. The van der Waals surface area contributed by atoms with Gasteiger partial charge in [-0.1, -0.05) is 12.1 Å². The number of aryl methyl sites for hydroxylation is 1. The van der Waals surface area contributed by atoms with Crippen molar-refractivity contribution in [2.75, 3.05) is 34.4 Å². The number of nitrogens with one attached hydrogen (secondary N) is 2. The smallest absolute Gasteiger partial charge is 0.314 e. The standard InChI is InChI=1S/C21H28N2O4/c1-25-18-8-6-16(7-9-18)5-4-13-22-21(24)23-14-12-17-15-19(26-2)10-11-20(17)27-3/h6-11,15H,4-5,12-14H2,1-3H3,(H2,22,23,24). The van der Waals surface area contributed by atoms with Crippen molar-refractivity contribution < 1.29 is 19.0 Å². The van der Waals surface area contributed by atoms with Crippen molar-refractivity contribution in [1.82, 2.24) is 10.6 Å². The van der Waals surface area contributed by atoms with Crippen LogP contribution in [0.4, 0.5) is 4.79 Å². The second kappa shape index (κ2) is 11.0. The number of amides is 2. The second-order valence-corrected chi connectivity index (χ2v) is 6.06. The van der Waals surface area contributed by atoms with Crippen LogP contribution in [0.3, 0.4) is 0 Å². The van der Waals surface area contributed by atoms with E-state index in [4.69, 9.17) is 14.2 Å². The van der Waals surface area contributed by atoms with Crippen LogP contribution in [0.2, 0.25) is 0 Å². The first kappa shape index (κ1) is 20.4. The molecule has 0 spiro atoms. The monoisotopic (exact) mass is 372 g/mol. The zero-order valence-electron chi connectivity index (χ0n) is 16.2. The van der Waals surface area contributed by atoms with E-state index in [0.29, 0.717) is 19.5 Å². The minimum absolute atomic E-state index is 0.161. The molecule has 2 N–H and O–H groups in total. The fraction of sp³-hybridized carbons (Fsp3) is 0.381.